The molecule has 0 heterocycles. The van der Waals surface area contributed by atoms with Crippen molar-refractivity contribution in [2.24, 2.45) is 0 Å². The van der Waals surface area contributed by atoms with Crippen molar-refractivity contribution in [2.75, 3.05) is 7.11 Å². The average molecular weight is 302 g/mol. The number of hydrogen-bond acceptors (Lipinski definition) is 2. The second kappa shape index (κ2) is 6.08. The molecule has 0 spiro atoms. The van der Waals surface area contributed by atoms with Crippen molar-refractivity contribution in [2.45, 2.75) is 32.4 Å². The van der Waals surface area contributed by atoms with E-state index in [1.54, 1.807) is 7.11 Å². The van der Waals surface area contributed by atoms with Gasteiger partial charge in [0, 0.05) is 23.2 Å². The SMILES string of the molecule is COc1ccc(-c2ccc(CNC3CC3)cc2Cl)cc1C. The molecule has 1 saturated carbocycles. The van der Waals surface area contributed by atoms with Crippen molar-refractivity contribution < 1.29 is 4.74 Å². The van der Waals surface area contributed by atoms with Crippen molar-refractivity contribution in [3.8, 4) is 16.9 Å². The molecule has 1 fully saturated rings. The van der Waals surface area contributed by atoms with Crippen LogP contribution in [0.1, 0.15) is 24.0 Å². The van der Waals surface area contributed by atoms with E-state index < -0.39 is 0 Å². The van der Waals surface area contributed by atoms with Crippen LogP contribution < -0.4 is 10.1 Å². The molecule has 0 radical (unpaired) electrons. The summed E-state index contributed by atoms with van der Waals surface area (Å²) >= 11 is 6.46. The van der Waals surface area contributed by atoms with Crippen molar-refractivity contribution >= 4 is 11.6 Å². The van der Waals surface area contributed by atoms with Gasteiger partial charge in [0.15, 0.2) is 0 Å². The summed E-state index contributed by atoms with van der Waals surface area (Å²) in [6.45, 7) is 2.94. The number of methoxy groups -OCH3 is 1. The van der Waals surface area contributed by atoms with E-state index in [0.717, 1.165) is 34.0 Å². The van der Waals surface area contributed by atoms with E-state index in [-0.39, 0.29) is 0 Å². The summed E-state index contributed by atoms with van der Waals surface area (Å²) in [5, 5.41) is 4.31. The number of ether oxygens (including phenoxy) is 1. The highest BCUT2D eigenvalue weighted by molar-refractivity contribution is 6.33. The third-order valence-electron chi connectivity index (χ3n) is 3.91. The van der Waals surface area contributed by atoms with Gasteiger partial charge < -0.3 is 10.1 Å². The minimum atomic E-state index is 0.715. The second-order valence-corrected chi connectivity index (χ2v) is 6.06. The maximum atomic E-state index is 6.46. The predicted molar refractivity (Wildman–Crippen MR) is 88.0 cm³/mol. The molecule has 21 heavy (non-hydrogen) atoms. The third-order valence-corrected chi connectivity index (χ3v) is 4.22. The summed E-state index contributed by atoms with van der Waals surface area (Å²) in [4.78, 5) is 0. The van der Waals surface area contributed by atoms with Crippen molar-refractivity contribution in [3.05, 3.63) is 52.5 Å². The fraction of sp³-hybridized carbons (Fsp3) is 0.333. The average Bonchev–Trinajstić information content (AvgIpc) is 3.29. The zero-order valence-electron chi connectivity index (χ0n) is 12.4. The normalized spacial score (nSPS) is 14.2. The summed E-state index contributed by atoms with van der Waals surface area (Å²) < 4.78 is 5.30. The standard InChI is InChI=1S/C18H20ClNO/c1-12-9-14(4-8-18(12)21-2)16-7-3-13(10-17(16)19)11-20-15-5-6-15/h3-4,7-10,15,20H,5-6,11H2,1-2H3. The van der Waals surface area contributed by atoms with Crippen LogP contribution in [0.3, 0.4) is 0 Å². The lowest BCUT2D eigenvalue weighted by atomic mass is 10.0. The monoisotopic (exact) mass is 301 g/mol. The van der Waals surface area contributed by atoms with E-state index in [2.05, 4.69) is 35.6 Å². The Morgan fingerprint density at radius 1 is 1.19 bits per heavy atom. The van der Waals surface area contributed by atoms with Crippen molar-refractivity contribution in [3.63, 3.8) is 0 Å². The molecule has 0 aromatic heterocycles. The molecule has 0 amide bonds. The first-order chi connectivity index (χ1) is 10.2. The van der Waals surface area contributed by atoms with Crippen LogP contribution in [0.5, 0.6) is 5.75 Å². The van der Waals surface area contributed by atoms with Gasteiger partial charge in [-0.1, -0.05) is 29.8 Å². The predicted octanol–water partition coefficient (Wildman–Crippen LogP) is 4.58. The molecule has 0 aliphatic heterocycles. The molecule has 1 aliphatic rings. The fourth-order valence-corrected chi connectivity index (χ4v) is 2.81. The Morgan fingerprint density at radius 3 is 2.62 bits per heavy atom. The zero-order valence-corrected chi connectivity index (χ0v) is 13.2. The molecule has 0 bridgehead atoms. The lowest BCUT2D eigenvalue weighted by Gasteiger charge is -2.11. The topological polar surface area (TPSA) is 21.3 Å². The highest BCUT2D eigenvalue weighted by Crippen LogP contribution is 2.32. The number of aryl methyl sites for hydroxylation is 1. The van der Waals surface area contributed by atoms with Crippen LogP contribution in [-0.4, -0.2) is 13.2 Å². The minimum absolute atomic E-state index is 0.715. The number of hydrogen-bond donors (Lipinski definition) is 1. The van der Waals surface area contributed by atoms with Crippen molar-refractivity contribution in [1.29, 1.82) is 0 Å². The van der Waals surface area contributed by atoms with Gasteiger partial charge in [-0.2, -0.15) is 0 Å². The van der Waals surface area contributed by atoms with E-state index in [0.29, 0.717) is 6.04 Å². The van der Waals surface area contributed by atoms with E-state index in [1.165, 1.54) is 18.4 Å². The maximum absolute atomic E-state index is 6.46. The Morgan fingerprint density at radius 2 is 2.00 bits per heavy atom. The molecule has 1 aliphatic carbocycles. The Labute approximate surface area is 131 Å². The van der Waals surface area contributed by atoms with Gasteiger partial charge in [-0.3, -0.25) is 0 Å². The van der Waals surface area contributed by atoms with Crippen LogP contribution in [0.4, 0.5) is 0 Å². The molecule has 1 N–H and O–H groups in total. The number of benzene rings is 2. The highest BCUT2D eigenvalue weighted by Gasteiger charge is 2.20. The summed E-state index contributed by atoms with van der Waals surface area (Å²) in [5.74, 6) is 0.903. The quantitative estimate of drug-likeness (QED) is 0.873. The molecular weight excluding hydrogens is 282 g/mol. The molecule has 2 aromatic rings. The van der Waals surface area contributed by atoms with E-state index in [4.69, 9.17) is 16.3 Å². The van der Waals surface area contributed by atoms with Gasteiger partial charge in [-0.15, -0.1) is 0 Å². The fourth-order valence-electron chi connectivity index (χ4n) is 2.50. The molecular formula is C18H20ClNO. The lowest BCUT2D eigenvalue weighted by molar-refractivity contribution is 0.412. The summed E-state index contributed by atoms with van der Waals surface area (Å²) in [6.07, 6.45) is 2.61. The number of halogens is 1. The van der Waals surface area contributed by atoms with Gasteiger partial charge in [0.2, 0.25) is 0 Å². The second-order valence-electron chi connectivity index (χ2n) is 5.65. The molecule has 0 atom stereocenters. The van der Waals surface area contributed by atoms with Crippen LogP contribution in [0.25, 0.3) is 11.1 Å². The molecule has 3 heteroatoms. The number of rotatable bonds is 5. The van der Waals surface area contributed by atoms with Crippen LogP contribution in [0.2, 0.25) is 5.02 Å². The molecule has 110 valence electrons. The van der Waals surface area contributed by atoms with E-state index in [9.17, 15) is 0 Å². The van der Waals surface area contributed by atoms with E-state index >= 15 is 0 Å². The zero-order chi connectivity index (χ0) is 14.8. The number of nitrogens with one attached hydrogen (secondary N) is 1. The molecule has 2 nitrogen and oxygen atoms in total. The van der Waals surface area contributed by atoms with Gasteiger partial charge in [-0.05, 0) is 54.7 Å². The van der Waals surface area contributed by atoms with Crippen molar-refractivity contribution in [1.82, 2.24) is 5.32 Å². The molecule has 2 aromatic carbocycles. The van der Waals surface area contributed by atoms with Gasteiger partial charge in [-0.25, -0.2) is 0 Å². The van der Waals surface area contributed by atoms with Crippen LogP contribution >= 0.6 is 11.6 Å². The maximum Gasteiger partial charge on any atom is 0.121 e. The Hall–Kier alpha value is -1.51. The van der Waals surface area contributed by atoms with Crippen LogP contribution in [-0.2, 0) is 6.54 Å². The largest absolute Gasteiger partial charge is 0.496 e. The summed E-state index contributed by atoms with van der Waals surface area (Å²) in [6, 6.07) is 13.2. The van der Waals surface area contributed by atoms with Gasteiger partial charge in [0.25, 0.3) is 0 Å². The summed E-state index contributed by atoms with van der Waals surface area (Å²) in [7, 11) is 1.69. The van der Waals surface area contributed by atoms with Gasteiger partial charge >= 0.3 is 0 Å². The molecule has 3 rings (SSSR count). The van der Waals surface area contributed by atoms with Crippen LogP contribution in [0, 0.1) is 6.92 Å². The summed E-state index contributed by atoms with van der Waals surface area (Å²) in [5.41, 5.74) is 4.55. The minimum Gasteiger partial charge on any atom is -0.496 e. The smallest absolute Gasteiger partial charge is 0.121 e. The van der Waals surface area contributed by atoms with E-state index in [1.807, 2.05) is 13.0 Å². The Bertz CT molecular complexity index is 650. The third kappa shape index (κ3) is 3.39. The Balaban J connectivity index is 1.82. The molecule has 0 saturated heterocycles. The van der Waals surface area contributed by atoms with Crippen LogP contribution in [0.15, 0.2) is 36.4 Å². The highest BCUT2D eigenvalue weighted by atomic mass is 35.5. The molecule has 0 unspecified atom stereocenters. The first-order valence-electron chi connectivity index (χ1n) is 7.34. The first-order valence-corrected chi connectivity index (χ1v) is 7.72. The first kappa shape index (κ1) is 14.4. The lowest BCUT2D eigenvalue weighted by Crippen LogP contribution is -2.15. The van der Waals surface area contributed by atoms with Gasteiger partial charge in [0.05, 0.1) is 7.11 Å². The Kier molecular flexibility index (Phi) is 4.18. The van der Waals surface area contributed by atoms with Gasteiger partial charge in [0.1, 0.15) is 5.75 Å².